The Hall–Kier alpha value is -2.54. The van der Waals surface area contributed by atoms with E-state index in [1.807, 2.05) is 6.20 Å². The number of aldehydes is 1. The Kier molecular flexibility index (Phi) is 3.72. The number of aryl methyl sites for hydroxylation is 1. The topological polar surface area (TPSA) is 77.5 Å². The average molecular weight is 315 g/mol. The molecule has 0 aliphatic rings. The highest BCUT2D eigenvalue weighted by Gasteiger charge is 2.17. The maximum atomic E-state index is 11.5. The van der Waals surface area contributed by atoms with Crippen molar-refractivity contribution in [3.05, 3.63) is 51.1 Å². The van der Waals surface area contributed by atoms with E-state index < -0.39 is 4.92 Å². The fourth-order valence-electron chi connectivity index (χ4n) is 2.36. The smallest absolute Gasteiger partial charge is 0.270 e. The van der Waals surface area contributed by atoms with E-state index in [4.69, 9.17) is 0 Å². The van der Waals surface area contributed by atoms with Crippen LogP contribution in [0.25, 0.3) is 16.2 Å². The summed E-state index contributed by atoms with van der Waals surface area (Å²) in [5, 5.41) is 10.9. The van der Waals surface area contributed by atoms with Gasteiger partial charge in [0, 0.05) is 28.8 Å². The number of rotatable bonds is 5. The Bertz CT molecular complexity index is 866. The summed E-state index contributed by atoms with van der Waals surface area (Å²) in [6.07, 6.45) is 4.63. The molecular weight excluding hydrogens is 302 g/mol. The van der Waals surface area contributed by atoms with Gasteiger partial charge in [-0.3, -0.25) is 19.3 Å². The van der Waals surface area contributed by atoms with Crippen molar-refractivity contribution in [1.82, 2.24) is 9.38 Å². The van der Waals surface area contributed by atoms with Crippen LogP contribution < -0.4 is 0 Å². The largest absolute Gasteiger partial charge is 0.296 e. The second-order valence-electron chi connectivity index (χ2n) is 4.87. The fraction of sp³-hybridized carbons (Fsp3) is 0.200. The molecule has 0 atom stereocenters. The van der Waals surface area contributed by atoms with Crippen LogP contribution in [0.15, 0.2) is 30.5 Å². The number of carbonyl (C=O) groups excluding carboxylic acids is 1. The van der Waals surface area contributed by atoms with Crippen molar-refractivity contribution in [3.8, 4) is 11.3 Å². The van der Waals surface area contributed by atoms with Gasteiger partial charge in [0.15, 0.2) is 11.2 Å². The number of hydrogen-bond donors (Lipinski definition) is 0. The maximum absolute atomic E-state index is 11.5. The van der Waals surface area contributed by atoms with Gasteiger partial charge in [-0.25, -0.2) is 4.98 Å². The van der Waals surface area contributed by atoms with Gasteiger partial charge in [-0.2, -0.15) is 0 Å². The molecule has 2 heterocycles. The number of benzene rings is 1. The zero-order chi connectivity index (χ0) is 15.7. The first-order valence-electron chi connectivity index (χ1n) is 6.84. The molecule has 3 rings (SSSR count). The van der Waals surface area contributed by atoms with E-state index in [1.165, 1.54) is 28.3 Å². The normalized spacial score (nSPS) is 11.0. The Balaban J connectivity index is 2.14. The van der Waals surface area contributed by atoms with Crippen LogP contribution in [0.3, 0.4) is 0 Å². The molecule has 2 aromatic heterocycles. The Labute approximate surface area is 130 Å². The highest BCUT2D eigenvalue weighted by atomic mass is 32.1. The summed E-state index contributed by atoms with van der Waals surface area (Å²) in [4.78, 5) is 28.3. The number of nitro groups is 1. The van der Waals surface area contributed by atoms with Crippen LogP contribution in [-0.4, -0.2) is 20.6 Å². The number of thiazole rings is 1. The Morgan fingerprint density at radius 2 is 2.27 bits per heavy atom. The minimum atomic E-state index is -0.456. The molecule has 7 heteroatoms. The minimum absolute atomic E-state index is 0.0163. The van der Waals surface area contributed by atoms with Gasteiger partial charge >= 0.3 is 0 Å². The van der Waals surface area contributed by atoms with Crippen LogP contribution in [0.2, 0.25) is 0 Å². The van der Waals surface area contributed by atoms with E-state index in [0.717, 1.165) is 24.1 Å². The lowest BCUT2D eigenvalue weighted by molar-refractivity contribution is -0.384. The van der Waals surface area contributed by atoms with Crippen molar-refractivity contribution in [3.63, 3.8) is 0 Å². The summed E-state index contributed by atoms with van der Waals surface area (Å²) in [6, 6.07) is 6.17. The van der Waals surface area contributed by atoms with Gasteiger partial charge in [0.1, 0.15) is 11.4 Å². The van der Waals surface area contributed by atoms with Crippen LogP contribution in [0, 0.1) is 10.1 Å². The Morgan fingerprint density at radius 1 is 1.45 bits per heavy atom. The lowest BCUT2D eigenvalue weighted by atomic mass is 10.1. The first-order chi connectivity index (χ1) is 10.6. The number of fused-ring (bicyclic) bond motifs is 1. The van der Waals surface area contributed by atoms with Gasteiger partial charge in [0.05, 0.1) is 4.92 Å². The zero-order valence-electron chi connectivity index (χ0n) is 11.9. The van der Waals surface area contributed by atoms with Crippen molar-refractivity contribution >= 4 is 28.3 Å². The van der Waals surface area contributed by atoms with Crippen molar-refractivity contribution in [2.45, 2.75) is 19.8 Å². The van der Waals surface area contributed by atoms with Crippen LogP contribution in [0.4, 0.5) is 5.69 Å². The summed E-state index contributed by atoms with van der Waals surface area (Å²) in [6.45, 7) is 2.09. The monoisotopic (exact) mass is 315 g/mol. The molecule has 6 nitrogen and oxygen atoms in total. The average Bonchev–Trinajstić information content (AvgIpc) is 3.04. The summed E-state index contributed by atoms with van der Waals surface area (Å²) in [7, 11) is 0. The molecule has 0 amide bonds. The summed E-state index contributed by atoms with van der Waals surface area (Å²) in [5.74, 6) is 0. The molecule has 0 N–H and O–H groups in total. The van der Waals surface area contributed by atoms with Crippen molar-refractivity contribution in [1.29, 1.82) is 0 Å². The van der Waals surface area contributed by atoms with E-state index in [9.17, 15) is 14.9 Å². The van der Waals surface area contributed by atoms with E-state index in [2.05, 4.69) is 11.9 Å². The third-order valence-corrected chi connectivity index (χ3v) is 4.39. The predicted octanol–water partition coefficient (Wildman–Crippen LogP) is 3.74. The summed E-state index contributed by atoms with van der Waals surface area (Å²) < 4.78 is 1.76. The lowest BCUT2D eigenvalue weighted by Crippen LogP contribution is -1.92. The summed E-state index contributed by atoms with van der Waals surface area (Å²) in [5.41, 5.74) is 1.46. The quantitative estimate of drug-likeness (QED) is 0.408. The number of non-ortho nitro benzene ring substituents is 1. The molecule has 22 heavy (non-hydrogen) atoms. The van der Waals surface area contributed by atoms with Crippen LogP contribution >= 0.6 is 11.3 Å². The number of imidazole rings is 1. The van der Waals surface area contributed by atoms with Gasteiger partial charge < -0.3 is 0 Å². The first kappa shape index (κ1) is 14.4. The van der Waals surface area contributed by atoms with E-state index in [-0.39, 0.29) is 5.69 Å². The second-order valence-corrected chi connectivity index (χ2v) is 5.96. The minimum Gasteiger partial charge on any atom is -0.296 e. The molecule has 1 aromatic carbocycles. The van der Waals surface area contributed by atoms with E-state index in [1.54, 1.807) is 16.5 Å². The van der Waals surface area contributed by atoms with Crippen LogP contribution in [0.1, 0.15) is 28.7 Å². The highest BCUT2D eigenvalue weighted by Crippen LogP contribution is 2.29. The number of hydrogen-bond acceptors (Lipinski definition) is 5. The number of carbonyl (C=O) groups is 1. The zero-order valence-corrected chi connectivity index (χ0v) is 12.7. The maximum Gasteiger partial charge on any atom is 0.270 e. The SMILES string of the molecule is CCCc1cn2c(C=O)c(-c3cccc([N+](=O)[O-])c3)nc2s1. The number of nitrogens with zero attached hydrogens (tertiary/aromatic N) is 3. The van der Waals surface area contributed by atoms with Crippen LogP contribution in [-0.2, 0) is 6.42 Å². The lowest BCUT2D eigenvalue weighted by Gasteiger charge is -1.99. The second kappa shape index (κ2) is 5.69. The number of nitro benzene ring substituents is 1. The van der Waals surface area contributed by atoms with Crippen LogP contribution in [0.5, 0.6) is 0 Å². The molecule has 3 aromatic rings. The molecule has 0 bridgehead atoms. The molecule has 0 aliphatic heterocycles. The third-order valence-electron chi connectivity index (χ3n) is 3.35. The van der Waals surface area contributed by atoms with Gasteiger partial charge in [0.2, 0.25) is 0 Å². The molecular formula is C15H13N3O3S. The molecule has 0 spiro atoms. The molecule has 0 saturated carbocycles. The van der Waals surface area contributed by atoms with E-state index in [0.29, 0.717) is 17.0 Å². The molecule has 0 saturated heterocycles. The van der Waals surface area contributed by atoms with Gasteiger partial charge in [0.25, 0.3) is 5.69 Å². The molecule has 0 fully saturated rings. The van der Waals surface area contributed by atoms with E-state index >= 15 is 0 Å². The molecule has 0 radical (unpaired) electrons. The molecule has 0 unspecified atom stereocenters. The van der Waals surface area contributed by atoms with Crippen molar-refractivity contribution in [2.75, 3.05) is 0 Å². The summed E-state index contributed by atoms with van der Waals surface area (Å²) >= 11 is 1.54. The first-order valence-corrected chi connectivity index (χ1v) is 7.66. The van der Waals surface area contributed by atoms with Gasteiger partial charge in [-0.15, -0.1) is 11.3 Å². The standard InChI is InChI=1S/C15H13N3O3S/c1-2-4-12-8-17-13(9-19)14(16-15(17)22-12)10-5-3-6-11(7-10)18(20)21/h3,5-9H,2,4H2,1H3. The van der Waals surface area contributed by atoms with Gasteiger partial charge in [-0.1, -0.05) is 25.5 Å². The van der Waals surface area contributed by atoms with Crippen molar-refractivity contribution in [2.24, 2.45) is 0 Å². The fourth-order valence-corrected chi connectivity index (χ4v) is 3.45. The number of aromatic nitrogens is 2. The van der Waals surface area contributed by atoms with Gasteiger partial charge in [-0.05, 0) is 6.42 Å². The molecule has 0 aliphatic carbocycles. The molecule has 112 valence electrons. The highest BCUT2D eigenvalue weighted by molar-refractivity contribution is 7.17. The van der Waals surface area contributed by atoms with Crippen molar-refractivity contribution < 1.29 is 9.72 Å². The predicted molar refractivity (Wildman–Crippen MR) is 84.5 cm³/mol. The Morgan fingerprint density at radius 3 is 2.95 bits per heavy atom. The third kappa shape index (κ3) is 2.39.